The van der Waals surface area contributed by atoms with E-state index in [1.165, 1.54) is 0 Å². The maximum absolute atomic E-state index is 5.99. The van der Waals surface area contributed by atoms with E-state index in [0.717, 1.165) is 32.3 Å². The van der Waals surface area contributed by atoms with Crippen molar-refractivity contribution >= 4 is 38.9 Å². The Bertz CT molecular complexity index is 542. The van der Waals surface area contributed by atoms with E-state index in [2.05, 4.69) is 45.5 Å². The Morgan fingerprint density at radius 1 is 1.50 bits per heavy atom. The van der Waals surface area contributed by atoms with Crippen molar-refractivity contribution in [2.24, 2.45) is 0 Å². The molecule has 5 heteroatoms. The van der Waals surface area contributed by atoms with Crippen LogP contribution in [0.15, 0.2) is 28.1 Å². The SMILES string of the molecule is CCNC(C)c1csc(-c2ccc(Cl)c(Br)c2)n1. The van der Waals surface area contributed by atoms with Gasteiger partial charge in [0.1, 0.15) is 5.01 Å². The molecule has 0 aliphatic carbocycles. The molecule has 0 amide bonds. The van der Waals surface area contributed by atoms with Crippen LogP contribution in [0.3, 0.4) is 0 Å². The van der Waals surface area contributed by atoms with Crippen LogP contribution in [0.1, 0.15) is 25.6 Å². The average Bonchev–Trinajstić information content (AvgIpc) is 2.82. The van der Waals surface area contributed by atoms with Crippen LogP contribution < -0.4 is 5.32 Å². The number of nitrogens with zero attached hydrogens (tertiary/aromatic N) is 1. The summed E-state index contributed by atoms with van der Waals surface area (Å²) in [6.45, 7) is 5.17. The zero-order chi connectivity index (χ0) is 13.1. The summed E-state index contributed by atoms with van der Waals surface area (Å²) in [5.41, 5.74) is 2.18. The van der Waals surface area contributed by atoms with Crippen LogP contribution in [0.25, 0.3) is 10.6 Å². The highest BCUT2D eigenvalue weighted by Gasteiger charge is 2.10. The number of aromatic nitrogens is 1. The van der Waals surface area contributed by atoms with Gasteiger partial charge in [0.25, 0.3) is 0 Å². The number of hydrogen-bond donors (Lipinski definition) is 1. The van der Waals surface area contributed by atoms with Crippen LogP contribution in [0, 0.1) is 0 Å². The number of nitrogens with one attached hydrogen (secondary N) is 1. The van der Waals surface area contributed by atoms with Gasteiger partial charge < -0.3 is 5.32 Å². The van der Waals surface area contributed by atoms with Gasteiger partial charge in [0, 0.05) is 21.5 Å². The van der Waals surface area contributed by atoms with Crippen LogP contribution in [0.4, 0.5) is 0 Å². The predicted molar refractivity (Wildman–Crippen MR) is 82.4 cm³/mol. The Morgan fingerprint density at radius 2 is 2.28 bits per heavy atom. The highest BCUT2D eigenvalue weighted by atomic mass is 79.9. The van der Waals surface area contributed by atoms with Crippen molar-refractivity contribution in [1.29, 1.82) is 0 Å². The van der Waals surface area contributed by atoms with E-state index >= 15 is 0 Å². The molecule has 2 nitrogen and oxygen atoms in total. The zero-order valence-corrected chi connectivity index (χ0v) is 13.4. The van der Waals surface area contributed by atoms with Crippen molar-refractivity contribution in [3.05, 3.63) is 38.8 Å². The molecule has 96 valence electrons. The number of benzene rings is 1. The molecule has 1 aromatic carbocycles. The monoisotopic (exact) mass is 344 g/mol. The number of halogens is 2. The fourth-order valence-corrected chi connectivity index (χ4v) is 3.06. The molecule has 18 heavy (non-hydrogen) atoms. The quantitative estimate of drug-likeness (QED) is 0.852. The molecule has 0 aliphatic rings. The maximum atomic E-state index is 5.99. The Hall–Kier alpha value is -0.420. The van der Waals surface area contributed by atoms with E-state index in [4.69, 9.17) is 11.6 Å². The summed E-state index contributed by atoms with van der Waals surface area (Å²) in [6.07, 6.45) is 0. The second-order valence-corrected chi connectivity index (χ2v) is 6.11. The van der Waals surface area contributed by atoms with Gasteiger partial charge in [-0.1, -0.05) is 24.6 Å². The zero-order valence-electron chi connectivity index (χ0n) is 10.2. The van der Waals surface area contributed by atoms with Crippen molar-refractivity contribution in [1.82, 2.24) is 10.3 Å². The fraction of sp³-hybridized carbons (Fsp3) is 0.308. The smallest absolute Gasteiger partial charge is 0.123 e. The molecule has 1 unspecified atom stereocenters. The van der Waals surface area contributed by atoms with Crippen molar-refractivity contribution in [2.45, 2.75) is 19.9 Å². The van der Waals surface area contributed by atoms with E-state index < -0.39 is 0 Å². The molecule has 0 bridgehead atoms. The van der Waals surface area contributed by atoms with Gasteiger partial charge in [-0.3, -0.25) is 0 Å². The molecule has 0 saturated heterocycles. The molecule has 0 saturated carbocycles. The molecule has 1 N–H and O–H groups in total. The van der Waals surface area contributed by atoms with Gasteiger partial charge in [0.2, 0.25) is 0 Å². The van der Waals surface area contributed by atoms with E-state index in [1.54, 1.807) is 11.3 Å². The largest absolute Gasteiger partial charge is 0.309 e. The Balaban J connectivity index is 2.26. The molecule has 1 atom stereocenters. The summed E-state index contributed by atoms with van der Waals surface area (Å²) in [5, 5.41) is 7.20. The molecular weight excluding hydrogens is 332 g/mol. The van der Waals surface area contributed by atoms with Gasteiger partial charge >= 0.3 is 0 Å². The highest BCUT2D eigenvalue weighted by Crippen LogP contribution is 2.31. The first-order valence-corrected chi connectivity index (χ1v) is 7.81. The van der Waals surface area contributed by atoms with Crippen LogP contribution in [0.2, 0.25) is 5.02 Å². The lowest BCUT2D eigenvalue weighted by molar-refractivity contribution is 0.587. The van der Waals surface area contributed by atoms with Crippen molar-refractivity contribution in [3.63, 3.8) is 0 Å². The third-order valence-electron chi connectivity index (χ3n) is 2.64. The molecule has 0 radical (unpaired) electrons. The Morgan fingerprint density at radius 3 is 2.94 bits per heavy atom. The standard InChI is InChI=1S/C13H14BrClN2S/c1-3-16-8(2)12-7-18-13(17-12)9-4-5-11(15)10(14)6-9/h4-8,16H,3H2,1-2H3. The first-order valence-electron chi connectivity index (χ1n) is 5.76. The van der Waals surface area contributed by atoms with Crippen LogP contribution in [-0.2, 0) is 0 Å². The van der Waals surface area contributed by atoms with Crippen LogP contribution in [0.5, 0.6) is 0 Å². The van der Waals surface area contributed by atoms with Crippen molar-refractivity contribution in [2.75, 3.05) is 6.54 Å². The number of hydrogen-bond acceptors (Lipinski definition) is 3. The lowest BCUT2D eigenvalue weighted by Crippen LogP contribution is -2.17. The first-order chi connectivity index (χ1) is 8.61. The lowest BCUT2D eigenvalue weighted by Gasteiger charge is -2.08. The molecule has 1 heterocycles. The van der Waals surface area contributed by atoms with Gasteiger partial charge in [0.05, 0.1) is 10.7 Å². The summed E-state index contributed by atoms with van der Waals surface area (Å²) in [6, 6.07) is 6.17. The minimum Gasteiger partial charge on any atom is -0.309 e. The van der Waals surface area contributed by atoms with Gasteiger partial charge in [-0.05, 0) is 41.5 Å². The molecular formula is C13H14BrClN2S. The minimum absolute atomic E-state index is 0.288. The highest BCUT2D eigenvalue weighted by molar-refractivity contribution is 9.10. The lowest BCUT2D eigenvalue weighted by atomic mass is 10.2. The van der Waals surface area contributed by atoms with Gasteiger partial charge in [-0.15, -0.1) is 11.3 Å². The molecule has 2 aromatic rings. The van der Waals surface area contributed by atoms with Crippen LogP contribution >= 0.6 is 38.9 Å². The van der Waals surface area contributed by atoms with Crippen LogP contribution in [-0.4, -0.2) is 11.5 Å². The fourth-order valence-electron chi connectivity index (χ4n) is 1.66. The Labute approximate surface area is 125 Å². The summed E-state index contributed by atoms with van der Waals surface area (Å²) < 4.78 is 0.901. The first kappa shape index (κ1) is 14.0. The average molecular weight is 346 g/mol. The predicted octanol–water partition coefficient (Wildman–Crippen LogP) is 4.90. The van der Waals surface area contributed by atoms with Gasteiger partial charge in [-0.25, -0.2) is 4.98 Å². The van der Waals surface area contributed by atoms with E-state index in [1.807, 2.05) is 18.2 Å². The summed E-state index contributed by atoms with van der Waals surface area (Å²) in [4.78, 5) is 4.66. The molecule has 0 aliphatic heterocycles. The molecule has 0 spiro atoms. The summed E-state index contributed by atoms with van der Waals surface area (Å²) in [5.74, 6) is 0. The topological polar surface area (TPSA) is 24.9 Å². The second kappa shape index (κ2) is 6.15. The Kier molecular flexibility index (Phi) is 4.78. The van der Waals surface area contributed by atoms with E-state index in [0.29, 0.717) is 0 Å². The molecule has 2 rings (SSSR count). The maximum Gasteiger partial charge on any atom is 0.123 e. The van der Waals surface area contributed by atoms with Crippen molar-refractivity contribution in [3.8, 4) is 10.6 Å². The van der Waals surface area contributed by atoms with Gasteiger partial charge in [-0.2, -0.15) is 0 Å². The minimum atomic E-state index is 0.288. The summed E-state index contributed by atoms with van der Waals surface area (Å²) in [7, 11) is 0. The van der Waals surface area contributed by atoms with E-state index in [9.17, 15) is 0 Å². The normalized spacial score (nSPS) is 12.7. The number of rotatable bonds is 4. The second-order valence-electron chi connectivity index (χ2n) is 3.99. The third kappa shape index (κ3) is 3.12. The third-order valence-corrected chi connectivity index (χ3v) is 4.77. The summed E-state index contributed by atoms with van der Waals surface area (Å²) >= 11 is 11.1. The van der Waals surface area contributed by atoms with E-state index in [-0.39, 0.29) is 6.04 Å². The molecule has 0 fully saturated rings. The molecule has 1 aromatic heterocycles. The number of thiazole rings is 1. The van der Waals surface area contributed by atoms with Gasteiger partial charge in [0.15, 0.2) is 0 Å². The van der Waals surface area contributed by atoms with Crippen molar-refractivity contribution < 1.29 is 0 Å².